The van der Waals surface area contributed by atoms with Gasteiger partial charge in [0, 0.05) is 5.56 Å². The third-order valence-corrected chi connectivity index (χ3v) is 3.93. The summed E-state index contributed by atoms with van der Waals surface area (Å²) < 4.78 is 5.77. The van der Waals surface area contributed by atoms with Gasteiger partial charge in [0.05, 0.1) is 6.04 Å². The predicted molar refractivity (Wildman–Crippen MR) is 79.7 cm³/mol. The third-order valence-electron chi connectivity index (χ3n) is 3.93. The van der Waals surface area contributed by atoms with E-state index in [1.165, 1.54) is 27.8 Å². The maximum atomic E-state index is 5.77. The second-order valence-corrected chi connectivity index (χ2v) is 5.33. The molecule has 1 heterocycles. The number of furan rings is 1. The summed E-state index contributed by atoms with van der Waals surface area (Å²) in [5, 5.41) is 3.43. The fourth-order valence-electron chi connectivity index (χ4n) is 2.84. The number of hydrogen-bond donors (Lipinski definition) is 1. The van der Waals surface area contributed by atoms with E-state index < -0.39 is 0 Å². The largest absolute Gasteiger partial charge is 0.466 e. The number of nitrogens with one attached hydrogen (secondary N) is 1. The molecule has 102 valence electrons. The van der Waals surface area contributed by atoms with E-state index in [0.29, 0.717) is 0 Å². The second kappa shape index (κ2) is 5.22. The molecule has 1 atom stereocenters. The zero-order valence-corrected chi connectivity index (χ0v) is 12.7. The van der Waals surface area contributed by atoms with Crippen LogP contribution in [0.15, 0.2) is 22.6 Å². The van der Waals surface area contributed by atoms with Gasteiger partial charge < -0.3 is 9.73 Å². The van der Waals surface area contributed by atoms with Crippen LogP contribution in [-0.2, 0) is 0 Å². The SMILES string of the molecule is CNC(c1ccc(C)cc1C)c1c(C)oc(C)c1C. The van der Waals surface area contributed by atoms with Crippen molar-refractivity contribution in [2.45, 2.75) is 40.7 Å². The first-order chi connectivity index (χ1) is 8.95. The van der Waals surface area contributed by atoms with E-state index in [0.717, 1.165) is 11.5 Å². The first kappa shape index (κ1) is 13.9. The van der Waals surface area contributed by atoms with Gasteiger partial charge >= 0.3 is 0 Å². The van der Waals surface area contributed by atoms with Gasteiger partial charge in [0.15, 0.2) is 0 Å². The summed E-state index contributed by atoms with van der Waals surface area (Å²) in [6.07, 6.45) is 0. The lowest BCUT2D eigenvalue weighted by Gasteiger charge is -2.20. The molecular weight excluding hydrogens is 234 g/mol. The Morgan fingerprint density at radius 3 is 2.16 bits per heavy atom. The minimum absolute atomic E-state index is 0.193. The molecule has 1 aromatic carbocycles. The summed E-state index contributed by atoms with van der Waals surface area (Å²) in [5.41, 5.74) is 6.45. The molecule has 2 rings (SSSR count). The highest BCUT2D eigenvalue weighted by atomic mass is 16.3. The molecule has 2 nitrogen and oxygen atoms in total. The summed E-state index contributed by atoms with van der Waals surface area (Å²) in [5.74, 6) is 2.02. The Morgan fingerprint density at radius 1 is 1.00 bits per heavy atom. The Kier molecular flexibility index (Phi) is 3.81. The summed E-state index contributed by atoms with van der Waals surface area (Å²) in [7, 11) is 2.01. The molecule has 0 spiro atoms. The molecule has 2 heteroatoms. The minimum atomic E-state index is 0.193. The van der Waals surface area contributed by atoms with Crippen molar-refractivity contribution in [1.29, 1.82) is 0 Å². The molecule has 0 amide bonds. The van der Waals surface area contributed by atoms with Crippen molar-refractivity contribution in [2.75, 3.05) is 7.05 Å². The average Bonchev–Trinajstić information content (AvgIpc) is 2.59. The number of aryl methyl sites for hydroxylation is 4. The van der Waals surface area contributed by atoms with Gasteiger partial charge in [-0.3, -0.25) is 0 Å². The van der Waals surface area contributed by atoms with Crippen LogP contribution in [0.2, 0.25) is 0 Å². The fourth-order valence-corrected chi connectivity index (χ4v) is 2.84. The summed E-state index contributed by atoms with van der Waals surface area (Å²) in [6.45, 7) is 10.5. The normalized spacial score (nSPS) is 12.7. The van der Waals surface area contributed by atoms with Gasteiger partial charge in [0.1, 0.15) is 11.5 Å². The van der Waals surface area contributed by atoms with Crippen LogP contribution in [0, 0.1) is 34.6 Å². The molecule has 0 saturated carbocycles. The molecule has 0 fully saturated rings. The summed E-state index contributed by atoms with van der Waals surface area (Å²) in [6, 6.07) is 6.81. The monoisotopic (exact) mass is 257 g/mol. The van der Waals surface area contributed by atoms with Crippen LogP contribution in [0.25, 0.3) is 0 Å². The second-order valence-electron chi connectivity index (χ2n) is 5.33. The van der Waals surface area contributed by atoms with Crippen molar-refractivity contribution < 1.29 is 4.42 Å². The van der Waals surface area contributed by atoms with E-state index in [1.807, 2.05) is 20.9 Å². The number of hydrogen-bond acceptors (Lipinski definition) is 2. The average molecular weight is 257 g/mol. The van der Waals surface area contributed by atoms with E-state index in [1.54, 1.807) is 0 Å². The number of benzene rings is 1. The lowest BCUT2D eigenvalue weighted by Crippen LogP contribution is -2.20. The Hall–Kier alpha value is -1.54. The van der Waals surface area contributed by atoms with Crippen molar-refractivity contribution in [3.05, 3.63) is 57.5 Å². The standard InChI is InChI=1S/C17H23NO/c1-10-7-8-15(11(2)9-10)17(18-6)16-12(3)13(4)19-14(16)5/h7-9,17-18H,1-6H3. The van der Waals surface area contributed by atoms with Gasteiger partial charge in [-0.05, 0) is 58.4 Å². The first-order valence-corrected chi connectivity index (χ1v) is 6.76. The molecule has 19 heavy (non-hydrogen) atoms. The fraction of sp³-hybridized carbons (Fsp3) is 0.412. The van der Waals surface area contributed by atoms with Crippen molar-refractivity contribution >= 4 is 0 Å². The van der Waals surface area contributed by atoms with Crippen molar-refractivity contribution in [2.24, 2.45) is 0 Å². The van der Waals surface area contributed by atoms with Gasteiger partial charge in [0.25, 0.3) is 0 Å². The van der Waals surface area contributed by atoms with E-state index in [2.05, 4.69) is 44.3 Å². The van der Waals surface area contributed by atoms with Gasteiger partial charge in [-0.25, -0.2) is 0 Å². The third kappa shape index (κ3) is 2.45. The van der Waals surface area contributed by atoms with Crippen LogP contribution < -0.4 is 5.32 Å². The predicted octanol–water partition coefficient (Wildman–Crippen LogP) is 4.13. The van der Waals surface area contributed by atoms with Crippen molar-refractivity contribution in [3.63, 3.8) is 0 Å². The van der Waals surface area contributed by atoms with Gasteiger partial charge in [-0.1, -0.05) is 23.8 Å². The summed E-state index contributed by atoms with van der Waals surface area (Å²) in [4.78, 5) is 0. The van der Waals surface area contributed by atoms with Crippen LogP contribution in [0.4, 0.5) is 0 Å². The van der Waals surface area contributed by atoms with Gasteiger partial charge in [-0.2, -0.15) is 0 Å². The maximum Gasteiger partial charge on any atom is 0.106 e. The molecule has 0 saturated heterocycles. The maximum absolute atomic E-state index is 5.77. The van der Waals surface area contributed by atoms with Crippen LogP contribution in [0.3, 0.4) is 0 Å². The molecular formula is C17H23NO. The molecule has 0 aliphatic heterocycles. The Labute approximate surface area is 115 Å². The van der Waals surface area contributed by atoms with Crippen LogP contribution in [0.1, 0.15) is 45.4 Å². The molecule has 0 radical (unpaired) electrons. The summed E-state index contributed by atoms with van der Waals surface area (Å²) >= 11 is 0. The molecule has 2 aromatic rings. The number of rotatable bonds is 3. The Morgan fingerprint density at radius 2 is 1.68 bits per heavy atom. The molecule has 0 bridgehead atoms. The van der Waals surface area contributed by atoms with E-state index in [9.17, 15) is 0 Å². The molecule has 1 N–H and O–H groups in total. The zero-order chi connectivity index (χ0) is 14.2. The highest BCUT2D eigenvalue weighted by Crippen LogP contribution is 2.32. The quantitative estimate of drug-likeness (QED) is 0.894. The lowest BCUT2D eigenvalue weighted by molar-refractivity contribution is 0.495. The van der Waals surface area contributed by atoms with E-state index in [-0.39, 0.29) is 6.04 Å². The van der Waals surface area contributed by atoms with Gasteiger partial charge in [0.2, 0.25) is 0 Å². The molecule has 1 aromatic heterocycles. The van der Waals surface area contributed by atoms with E-state index in [4.69, 9.17) is 4.42 Å². The van der Waals surface area contributed by atoms with Crippen LogP contribution >= 0.6 is 0 Å². The first-order valence-electron chi connectivity index (χ1n) is 6.76. The van der Waals surface area contributed by atoms with Crippen molar-refractivity contribution in [1.82, 2.24) is 5.32 Å². The molecule has 0 aliphatic carbocycles. The van der Waals surface area contributed by atoms with E-state index >= 15 is 0 Å². The minimum Gasteiger partial charge on any atom is -0.466 e. The Bertz CT molecular complexity index is 596. The molecule has 0 aliphatic rings. The van der Waals surface area contributed by atoms with Crippen molar-refractivity contribution in [3.8, 4) is 0 Å². The lowest BCUT2D eigenvalue weighted by atomic mass is 9.92. The highest BCUT2D eigenvalue weighted by Gasteiger charge is 2.22. The molecule has 1 unspecified atom stereocenters. The zero-order valence-electron chi connectivity index (χ0n) is 12.7. The highest BCUT2D eigenvalue weighted by molar-refractivity contribution is 5.44. The van der Waals surface area contributed by atoms with Crippen LogP contribution in [0.5, 0.6) is 0 Å². The smallest absolute Gasteiger partial charge is 0.106 e. The van der Waals surface area contributed by atoms with Crippen LogP contribution in [-0.4, -0.2) is 7.05 Å². The topological polar surface area (TPSA) is 25.2 Å². The van der Waals surface area contributed by atoms with Gasteiger partial charge in [-0.15, -0.1) is 0 Å². The Balaban J connectivity index is 2.56.